The van der Waals surface area contributed by atoms with Gasteiger partial charge in [0, 0.05) is 0 Å². The van der Waals surface area contributed by atoms with Crippen LogP contribution in [0.1, 0.15) is 27.7 Å². The van der Waals surface area contributed by atoms with E-state index in [1.54, 1.807) is 20.8 Å². The third-order valence-corrected chi connectivity index (χ3v) is 2.32. The van der Waals surface area contributed by atoms with Crippen LogP contribution < -0.4 is 0 Å². The van der Waals surface area contributed by atoms with Crippen LogP contribution in [0.25, 0.3) is 0 Å². The van der Waals surface area contributed by atoms with Gasteiger partial charge in [-0.05, 0) is 27.7 Å². The van der Waals surface area contributed by atoms with Crippen LogP contribution in [0.4, 0.5) is 0 Å². The van der Waals surface area contributed by atoms with Crippen LogP contribution in [0.15, 0.2) is 0 Å². The highest BCUT2D eigenvalue weighted by Crippen LogP contribution is 2.16. The fourth-order valence-electron chi connectivity index (χ4n) is 1.39. The van der Waals surface area contributed by atoms with Crippen LogP contribution in [-0.4, -0.2) is 57.6 Å². The Labute approximate surface area is 105 Å². The highest BCUT2D eigenvalue weighted by molar-refractivity contribution is 5.86. The summed E-state index contributed by atoms with van der Waals surface area (Å²) in [6.45, 7) is 6.29. The number of hydroxylamine groups is 2. The first-order valence-electron chi connectivity index (χ1n) is 5.68. The second-order valence-corrected chi connectivity index (χ2v) is 5.18. The molecular formula is C11H19NO6. The van der Waals surface area contributed by atoms with Gasteiger partial charge in [-0.15, -0.1) is 0 Å². The van der Waals surface area contributed by atoms with Gasteiger partial charge in [0.2, 0.25) is 0 Å². The maximum atomic E-state index is 11.8. The number of esters is 1. The zero-order chi connectivity index (χ0) is 14.1. The Hall–Kier alpha value is -1.18. The Kier molecular flexibility index (Phi) is 4.31. The second-order valence-electron chi connectivity index (χ2n) is 5.18. The summed E-state index contributed by atoms with van der Waals surface area (Å²) >= 11 is 0. The number of hydrogen-bond acceptors (Lipinski definition) is 6. The maximum absolute atomic E-state index is 11.8. The molecule has 2 N–H and O–H groups in total. The fourth-order valence-corrected chi connectivity index (χ4v) is 1.39. The number of aliphatic hydroxyl groups excluding tert-OH is 2. The molecule has 0 aliphatic carbocycles. The molecule has 1 rings (SSSR count). The lowest BCUT2D eigenvalue weighted by Crippen LogP contribution is -2.57. The van der Waals surface area contributed by atoms with Gasteiger partial charge < -0.3 is 14.9 Å². The van der Waals surface area contributed by atoms with E-state index in [0.29, 0.717) is 0 Å². The second kappa shape index (κ2) is 5.21. The van der Waals surface area contributed by atoms with Crippen molar-refractivity contribution in [1.29, 1.82) is 0 Å². The van der Waals surface area contributed by atoms with Crippen molar-refractivity contribution in [2.24, 2.45) is 0 Å². The molecule has 1 fully saturated rings. The number of aliphatic hydroxyl groups is 2. The van der Waals surface area contributed by atoms with Crippen molar-refractivity contribution in [3.63, 3.8) is 0 Å². The normalized spacial score (nSPS) is 27.0. The SMILES string of the molecule is C[C@H](C(=O)OC(C)(C)C)N1OC[C@@H](O)[C@@H](O)C1=O. The predicted molar refractivity (Wildman–Crippen MR) is 60.1 cm³/mol. The van der Waals surface area contributed by atoms with Crippen LogP contribution in [0.2, 0.25) is 0 Å². The first-order valence-corrected chi connectivity index (χ1v) is 5.68. The van der Waals surface area contributed by atoms with E-state index in [9.17, 15) is 19.8 Å². The summed E-state index contributed by atoms with van der Waals surface area (Å²) in [6.07, 6.45) is -2.86. The molecule has 3 atom stereocenters. The summed E-state index contributed by atoms with van der Waals surface area (Å²) < 4.78 is 5.11. The Morgan fingerprint density at radius 2 is 2.06 bits per heavy atom. The van der Waals surface area contributed by atoms with E-state index in [-0.39, 0.29) is 6.61 Å². The number of amides is 1. The molecule has 1 aliphatic heterocycles. The third kappa shape index (κ3) is 3.41. The minimum atomic E-state index is -1.58. The number of rotatable bonds is 2. The Bertz CT molecular complexity index is 337. The molecule has 0 aromatic carbocycles. The van der Waals surface area contributed by atoms with E-state index in [0.717, 1.165) is 5.06 Å². The van der Waals surface area contributed by atoms with Crippen molar-refractivity contribution < 1.29 is 29.4 Å². The number of ether oxygens (including phenoxy) is 1. The number of carbonyl (C=O) groups excluding carboxylic acids is 2. The standard InChI is InChI=1S/C11H19NO6/c1-6(10(16)18-11(2,3)4)12-9(15)8(14)7(13)5-17-12/h6-8,13-14H,5H2,1-4H3/t6-,7-,8-/m1/s1. The largest absolute Gasteiger partial charge is 0.458 e. The molecule has 0 radical (unpaired) electrons. The summed E-state index contributed by atoms with van der Waals surface area (Å²) in [5.41, 5.74) is -0.678. The number of carbonyl (C=O) groups is 2. The van der Waals surface area contributed by atoms with Crippen LogP contribution in [0.3, 0.4) is 0 Å². The van der Waals surface area contributed by atoms with Gasteiger partial charge in [0.15, 0.2) is 12.1 Å². The lowest BCUT2D eigenvalue weighted by molar-refractivity contribution is -0.248. The van der Waals surface area contributed by atoms with E-state index < -0.39 is 35.7 Å². The summed E-state index contributed by atoms with van der Waals surface area (Å²) in [7, 11) is 0. The molecule has 1 aliphatic rings. The van der Waals surface area contributed by atoms with E-state index in [1.165, 1.54) is 6.92 Å². The first kappa shape index (κ1) is 14.9. The zero-order valence-corrected chi connectivity index (χ0v) is 10.9. The summed E-state index contributed by atoms with van der Waals surface area (Å²) in [5.74, 6) is -1.49. The topological polar surface area (TPSA) is 96.3 Å². The van der Waals surface area contributed by atoms with Gasteiger partial charge in [-0.2, -0.15) is 0 Å². The molecular weight excluding hydrogens is 242 g/mol. The molecule has 0 bridgehead atoms. The van der Waals surface area contributed by atoms with Gasteiger partial charge in [0.1, 0.15) is 18.3 Å². The van der Waals surface area contributed by atoms with E-state index in [1.807, 2.05) is 0 Å². The van der Waals surface area contributed by atoms with Crippen molar-refractivity contribution in [3.8, 4) is 0 Å². The highest BCUT2D eigenvalue weighted by atomic mass is 16.7. The van der Waals surface area contributed by atoms with Crippen LogP contribution in [-0.2, 0) is 19.2 Å². The average molecular weight is 261 g/mol. The van der Waals surface area contributed by atoms with Gasteiger partial charge in [0.25, 0.3) is 5.91 Å². The molecule has 0 spiro atoms. The molecule has 7 heteroatoms. The van der Waals surface area contributed by atoms with Crippen molar-refractivity contribution in [1.82, 2.24) is 5.06 Å². The molecule has 1 saturated heterocycles. The average Bonchev–Trinajstić information content (AvgIpc) is 2.23. The van der Waals surface area contributed by atoms with Gasteiger partial charge in [0.05, 0.1) is 0 Å². The van der Waals surface area contributed by atoms with Gasteiger partial charge >= 0.3 is 5.97 Å². The Morgan fingerprint density at radius 3 is 2.56 bits per heavy atom. The zero-order valence-electron chi connectivity index (χ0n) is 10.9. The van der Waals surface area contributed by atoms with E-state index >= 15 is 0 Å². The van der Waals surface area contributed by atoms with Crippen LogP contribution in [0.5, 0.6) is 0 Å². The Balaban J connectivity index is 2.70. The highest BCUT2D eigenvalue weighted by Gasteiger charge is 2.40. The Morgan fingerprint density at radius 1 is 1.50 bits per heavy atom. The molecule has 0 unspecified atom stereocenters. The summed E-state index contributed by atoms with van der Waals surface area (Å²) in [6, 6.07) is -0.987. The van der Waals surface area contributed by atoms with Crippen LogP contribution in [0, 0.1) is 0 Å². The quantitative estimate of drug-likeness (QED) is 0.632. The van der Waals surface area contributed by atoms with Crippen molar-refractivity contribution in [2.75, 3.05) is 6.61 Å². The summed E-state index contributed by atoms with van der Waals surface area (Å²) in [5, 5.41) is 19.4. The monoisotopic (exact) mass is 261 g/mol. The lowest BCUT2D eigenvalue weighted by atomic mass is 10.1. The smallest absolute Gasteiger partial charge is 0.331 e. The van der Waals surface area contributed by atoms with E-state index in [2.05, 4.69) is 0 Å². The molecule has 7 nitrogen and oxygen atoms in total. The van der Waals surface area contributed by atoms with Crippen molar-refractivity contribution in [3.05, 3.63) is 0 Å². The van der Waals surface area contributed by atoms with Crippen LogP contribution >= 0.6 is 0 Å². The molecule has 1 heterocycles. The number of hydrogen-bond donors (Lipinski definition) is 2. The minimum absolute atomic E-state index is 0.250. The maximum Gasteiger partial charge on any atom is 0.331 e. The summed E-state index contributed by atoms with van der Waals surface area (Å²) in [4.78, 5) is 28.3. The van der Waals surface area contributed by atoms with Gasteiger partial charge in [-0.1, -0.05) is 0 Å². The molecule has 0 saturated carbocycles. The molecule has 0 aromatic rings. The molecule has 104 valence electrons. The lowest BCUT2D eigenvalue weighted by Gasteiger charge is -2.35. The van der Waals surface area contributed by atoms with Crippen molar-refractivity contribution in [2.45, 2.75) is 51.5 Å². The molecule has 18 heavy (non-hydrogen) atoms. The van der Waals surface area contributed by atoms with Crippen molar-refractivity contribution >= 4 is 11.9 Å². The third-order valence-electron chi connectivity index (χ3n) is 2.32. The first-order chi connectivity index (χ1) is 8.13. The minimum Gasteiger partial charge on any atom is -0.458 e. The van der Waals surface area contributed by atoms with E-state index in [4.69, 9.17) is 9.57 Å². The molecule has 0 aromatic heterocycles. The van der Waals surface area contributed by atoms with Gasteiger partial charge in [-0.3, -0.25) is 9.63 Å². The fraction of sp³-hybridized carbons (Fsp3) is 0.818. The molecule has 1 amide bonds. The number of nitrogens with zero attached hydrogens (tertiary/aromatic N) is 1. The predicted octanol–water partition coefficient (Wildman–Crippen LogP) is -0.788. The van der Waals surface area contributed by atoms with Gasteiger partial charge in [-0.25, -0.2) is 9.86 Å².